The Hall–Kier alpha value is -1.41. The lowest BCUT2D eigenvalue weighted by atomic mass is 10.2. The molecule has 0 amide bonds. The van der Waals surface area contributed by atoms with Crippen LogP contribution in [0.2, 0.25) is 0 Å². The van der Waals surface area contributed by atoms with Crippen molar-refractivity contribution < 1.29 is 17.9 Å². The van der Waals surface area contributed by atoms with Gasteiger partial charge >= 0.3 is 6.18 Å². The van der Waals surface area contributed by atoms with Gasteiger partial charge in [-0.2, -0.15) is 13.2 Å². The molecule has 20 heavy (non-hydrogen) atoms. The molecule has 0 aromatic carbocycles. The average Bonchev–Trinajstić information content (AvgIpc) is 2.37. The first-order valence-corrected chi connectivity index (χ1v) is 6.26. The van der Waals surface area contributed by atoms with Gasteiger partial charge in [0.2, 0.25) is 0 Å². The number of aromatic nitrogens is 1. The second-order valence-electron chi connectivity index (χ2n) is 4.20. The average molecular weight is 307 g/mol. The van der Waals surface area contributed by atoms with E-state index in [1.807, 2.05) is 0 Å². The van der Waals surface area contributed by atoms with Gasteiger partial charge in [-0.3, -0.25) is 0 Å². The molecule has 0 unspecified atom stereocenters. The Kier molecular flexibility index (Phi) is 5.70. The van der Waals surface area contributed by atoms with E-state index in [2.05, 4.69) is 4.98 Å². The number of nitrogens with two attached hydrogens (primary N) is 1. The molecule has 0 saturated heterocycles. The smallest absolute Gasteiger partial charge is 0.389 e. The summed E-state index contributed by atoms with van der Waals surface area (Å²) in [4.78, 5) is 5.24. The predicted octanol–water partition coefficient (Wildman–Crippen LogP) is 2.21. The summed E-state index contributed by atoms with van der Waals surface area (Å²) < 4.78 is 43.0. The van der Waals surface area contributed by atoms with E-state index in [4.69, 9.17) is 22.7 Å². The van der Waals surface area contributed by atoms with Gasteiger partial charge in [-0.1, -0.05) is 12.2 Å². The van der Waals surface area contributed by atoms with Crippen molar-refractivity contribution in [3.05, 3.63) is 23.4 Å². The monoisotopic (exact) mass is 307 g/mol. The van der Waals surface area contributed by atoms with Gasteiger partial charge in [0.1, 0.15) is 16.5 Å². The van der Waals surface area contributed by atoms with Crippen LogP contribution in [-0.4, -0.2) is 37.3 Å². The quantitative estimate of drug-likeness (QED) is 0.645. The number of nitrogens with zero attached hydrogens (tertiary/aromatic N) is 2. The van der Waals surface area contributed by atoms with Gasteiger partial charge in [0.15, 0.2) is 0 Å². The third-order valence-electron chi connectivity index (χ3n) is 2.63. The summed E-state index contributed by atoms with van der Waals surface area (Å²) in [6.45, 7) is 0.990. The lowest BCUT2D eigenvalue weighted by Crippen LogP contribution is -2.26. The molecular weight excluding hydrogens is 291 g/mol. The highest BCUT2D eigenvalue weighted by Crippen LogP contribution is 2.30. The molecule has 1 aromatic heterocycles. The molecule has 0 aliphatic heterocycles. The molecule has 8 heteroatoms. The molecule has 0 bridgehead atoms. The van der Waals surface area contributed by atoms with Gasteiger partial charge in [-0.15, -0.1) is 0 Å². The lowest BCUT2D eigenvalue weighted by molar-refractivity contribution is -0.141. The molecule has 1 rings (SSSR count). The first-order chi connectivity index (χ1) is 9.27. The van der Waals surface area contributed by atoms with Crippen LogP contribution >= 0.6 is 12.2 Å². The normalized spacial score (nSPS) is 11.4. The second-order valence-corrected chi connectivity index (χ2v) is 4.64. The van der Waals surface area contributed by atoms with Crippen molar-refractivity contribution in [2.24, 2.45) is 5.73 Å². The molecule has 0 saturated carbocycles. The lowest BCUT2D eigenvalue weighted by Gasteiger charge is -2.22. The zero-order chi connectivity index (χ0) is 15.3. The van der Waals surface area contributed by atoms with Gasteiger partial charge < -0.3 is 15.4 Å². The van der Waals surface area contributed by atoms with Crippen LogP contribution in [-0.2, 0) is 10.9 Å². The molecule has 0 spiro atoms. The third kappa shape index (κ3) is 4.31. The highest BCUT2D eigenvalue weighted by Gasteiger charge is 2.33. The van der Waals surface area contributed by atoms with Crippen LogP contribution in [0, 0.1) is 0 Å². The first kappa shape index (κ1) is 16.6. The molecule has 0 atom stereocenters. The van der Waals surface area contributed by atoms with Crippen LogP contribution in [0.1, 0.15) is 17.7 Å². The number of hydrogen-bond donors (Lipinski definition) is 1. The molecule has 0 radical (unpaired) electrons. The van der Waals surface area contributed by atoms with Crippen molar-refractivity contribution in [2.45, 2.75) is 12.6 Å². The number of hydrogen-bond acceptors (Lipinski definition) is 4. The Morgan fingerprint density at radius 1 is 1.45 bits per heavy atom. The largest absolute Gasteiger partial charge is 0.433 e. The summed E-state index contributed by atoms with van der Waals surface area (Å²) >= 11 is 4.85. The zero-order valence-electron chi connectivity index (χ0n) is 11.2. The van der Waals surface area contributed by atoms with Crippen molar-refractivity contribution in [3.63, 3.8) is 0 Å². The molecule has 0 fully saturated rings. The van der Waals surface area contributed by atoms with E-state index >= 15 is 0 Å². The number of ether oxygens (including phenoxy) is 1. The van der Waals surface area contributed by atoms with Crippen LogP contribution in [0.3, 0.4) is 0 Å². The summed E-state index contributed by atoms with van der Waals surface area (Å²) in [6, 6.07) is 2.13. The topological polar surface area (TPSA) is 51.4 Å². The maximum Gasteiger partial charge on any atom is 0.433 e. The molecule has 1 aromatic rings. The fraction of sp³-hybridized carbons (Fsp3) is 0.500. The highest BCUT2D eigenvalue weighted by molar-refractivity contribution is 7.80. The summed E-state index contributed by atoms with van der Waals surface area (Å²) in [5, 5.41) is 0. The minimum absolute atomic E-state index is 0.0137. The molecule has 112 valence electrons. The maximum atomic E-state index is 12.7. The Bertz CT molecular complexity index is 480. The molecular formula is C12H16F3N3OS. The number of alkyl halides is 3. The van der Waals surface area contributed by atoms with E-state index in [1.54, 1.807) is 19.1 Å². The van der Waals surface area contributed by atoms with Gasteiger partial charge in [0.25, 0.3) is 0 Å². The molecule has 2 N–H and O–H groups in total. The standard InChI is InChI=1S/C12H16F3N3OS/c1-18(6-3-7-19-2)11-8(10(16)20)4-5-9(17-11)12(13,14)15/h4-5H,3,6-7H2,1-2H3,(H2,16,20). The van der Waals surface area contributed by atoms with E-state index in [1.165, 1.54) is 6.07 Å². The molecule has 0 aliphatic carbocycles. The molecule has 4 nitrogen and oxygen atoms in total. The highest BCUT2D eigenvalue weighted by atomic mass is 32.1. The number of rotatable bonds is 6. The number of anilines is 1. The predicted molar refractivity (Wildman–Crippen MR) is 74.9 cm³/mol. The van der Waals surface area contributed by atoms with Crippen LogP contribution in [0.5, 0.6) is 0 Å². The van der Waals surface area contributed by atoms with E-state index in [0.29, 0.717) is 25.1 Å². The SMILES string of the molecule is COCCCN(C)c1nc(C(F)(F)F)ccc1C(N)=S. The minimum Gasteiger partial charge on any atom is -0.389 e. The van der Waals surface area contributed by atoms with Gasteiger partial charge in [-0.25, -0.2) is 4.98 Å². The Morgan fingerprint density at radius 3 is 2.60 bits per heavy atom. The molecule has 0 aliphatic rings. The zero-order valence-corrected chi connectivity index (χ0v) is 12.0. The Labute approximate surface area is 120 Å². The number of pyridine rings is 1. The Morgan fingerprint density at radius 2 is 2.10 bits per heavy atom. The fourth-order valence-corrected chi connectivity index (χ4v) is 1.80. The summed E-state index contributed by atoms with van der Waals surface area (Å²) in [7, 11) is 3.20. The van der Waals surface area contributed by atoms with Gasteiger partial charge in [0.05, 0.1) is 5.56 Å². The number of methoxy groups -OCH3 is 1. The van der Waals surface area contributed by atoms with Crippen LogP contribution in [0.25, 0.3) is 0 Å². The van der Waals surface area contributed by atoms with Crippen molar-refractivity contribution in [3.8, 4) is 0 Å². The van der Waals surface area contributed by atoms with Crippen LogP contribution in [0.15, 0.2) is 12.1 Å². The summed E-state index contributed by atoms with van der Waals surface area (Å²) in [5.41, 5.74) is 4.89. The minimum atomic E-state index is -4.50. The van der Waals surface area contributed by atoms with E-state index in [-0.39, 0.29) is 10.8 Å². The third-order valence-corrected chi connectivity index (χ3v) is 2.85. The van der Waals surface area contributed by atoms with Crippen molar-refractivity contribution >= 4 is 23.0 Å². The van der Waals surface area contributed by atoms with Crippen LogP contribution in [0.4, 0.5) is 19.0 Å². The first-order valence-electron chi connectivity index (χ1n) is 5.85. The second kappa shape index (κ2) is 6.85. The number of halogens is 3. The summed E-state index contributed by atoms with van der Waals surface area (Å²) in [6.07, 6.45) is -3.85. The van der Waals surface area contributed by atoms with E-state index in [0.717, 1.165) is 6.07 Å². The van der Waals surface area contributed by atoms with Gasteiger partial charge in [-0.05, 0) is 18.6 Å². The van der Waals surface area contributed by atoms with Crippen molar-refractivity contribution in [1.82, 2.24) is 4.98 Å². The maximum absolute atomic E-state index is 12.7. The van der Waals surface area contributed by atoms with E-state index in [9.17, 15) is 13.2 Å². The van der Waals surface area contributed by atoms with Crippen molar-refractivity contribution in [1.29, 1.82) is 0 Å². The van der Waals surface area contributed by atoms with Gasteiger partial charge in [0, 0.05) is 27.3 Å². The number of thiocarbonyl (C=S) groups is 1. The van der Waals surface area contributed by atoms with Crippen LogP contribution < -0.4 is 10.6 Å². The summed E-state index contributed by atoms with van der Waals surface area (Å²) in [5.74, 6) is 0.128. The van der Waals surface area contributed by atoms with Crippen molar-refractivity contribution in [2.75, 3.05) is 32.2 Å². The fourth-order valence-electron chi connectivity index (χ4n) is 1.64. The Balaban J connectivity index is 3.08. The van der Waals surface area contributed by atoms with E-state index < -0.39 is 11.9 Å². The molecule has 1 heterocycles.